The SMILES string of the molecule is CC1=C[C@H]2[C@H]3C(=O)N(C[C@@H]4CCCO4)C(=O)[C@@H]3[C@H](C(=O)c3ccccc3)N2c2ccccc21. The van der Waals surface area contributed by atoms with Crippen LogP contribution in [0.3, 0.4) is 0 Å². The predicted octanol–water partition coefficient (Wildman–Crippen LogP) is 3.32. The first-order chi connectivity index (χ1) is 16.1. The highest BCUT2D eigenvalue weighted by Crippen LogP contribution is 2.50. The van der Waals surface area contributed by atoms with E-state index in [9.17, 15) is 14.4 Å². The first kappa shape index (κ1) is 20.4. The number of carbonyl (C=O) groups is 3. The molecule has 0 spiro atoms. The lowest BCUT2D eigenvalue weighted by atomic mass is 9.85. The molecule has 0 unspecified atom stereocenters. The Hall–Kier alpha value is -3.25. The van der Waals surface area contributed by atoms with E-state index in [4.69, 9.17) is 4.74 Å². The molecule has 3 saturated heterocycles. The third kappa shape index (κ3) is 3.00. The Balaban J connectivity index is 1.46. The lowest BCUT2D eigenvalue weighted by molar-refractivity contribution is -0.142. The van der Waals surface area contributed by atoms with Gasteiger partial charge in [-0.15, -0.1) is 0 Å². The van der Waals surface area contributed by atoms with Gasteiger partial charge in [-0.3, -0.25) is 19.3 Å². The van der Waals surface area contributed by atoms with Gasteiger partial charge in [0.2, 0.25) is 11.8 Å². The first-order valence-electron chi connectivity index (χ1n) is 11.7. The van der Waals surface area contributed by atoms with Gasteiger partial charge < -0.3 is 9.64 Å². The van der Waals surface area contributed by atoms with Gasteiger partial charge in [-0.1, -0.05) is 54.6 Å². The number of para-hydroxylation sites is 1. The summed E-state index contributed by atoms with van der Waals surface area (Å²) in [4.78, 5) is 44.6. The second-order valence-electron chi connectivity index (χ2n) is 9.41. The topological polar surface area (TPSA) is 66.9 Å². The number of nitrogens with zero attached hydrogens (tertiary/aromatic N) is 2. The van der Waals surface area contributed by atoms with E-state index in [-0.39, 0.29) is 36.3 Å². The molecule has 2 aromatic carbocycles. The van der Waals surface area contributed by atoms with Crippen LogP contribution in [0.4, 0.5) is 5.69 Å². The van der Waals surface area contributed by atoms with Crippen molar-refractivity contribution in [2.75, 3.05) is 18.1 Å². The Morgan fingerprint density at radius 3 is 2.48 bits per heavy atom. The maximum atomic E-state index is 13.9. The van der Waals surface area contributed by atoms with E-state index < -0.39 is 17.9 Å². The third-order valence-corrected chi connectivity index (χ3v) is 7.58. The fourth-order valence-electron chi connectivity index (χ4n) is 6.10. The second-order valence-corrected chi connectivity index (χ2v) is 9.41. The molecule has 3 fully saturated rings. The summed E-state index contributed by atoms with van der Waals surface area (Å²) in [6.45, 7) is 2.98. The van der Waals surface area contributed by atoms with Crippen molar-refractivity contribution < 1.29 is 19.1 Å². The number of rotatable bonds is 4. The van der Waals surface area contributed by atoms with E-state index in [2.05, 4.69) is 6.08 Å². The molecule has 168 valence electrons. The minimum atomic E-state index is -0.723. The highest BCUT2D eigenvalue weighted by molar-refractivity contribution is 6.14. The molecule has 0 radical (unpaired) electrons. The number of ether oxygens (including phenoxy) is 1. The van der Waals surface area contributed by atoms with Crippen LogP contribution in [-0.4, -0.2) is 53.8 Å². The van der Waals surface area contributed by atoms with E-state index in [1.807, 2.05) is 54.3 Å². The fraction of sp³-hybridized carbons (Fsp3) is 0.370. The molecule has 33 heavy (non-hydrogen) atoms. The number of amides is 2. The molecule has 4 aliphatic rings. The highest BCUT2D eigenvalue weighted by atomic mass is 16.5. The van der Waals surface area contributed by atoms with Crippen LogP contribution in [0.25, 0.3) is 5.57 Å². The molecule has 2 aromatic rings. The van der Waals surface area contributed by atoms with Crippen molar-refractivity contribution in [3.05, 3.63) is 71.8 Å². The molecule has 5 atom stereocenters. The van der Waals surface area contributed by atoms with Crippen molar-refractivity contribution >= 4 is 28.9 Å². The molecule has 6 rings (SSSR count). The molecule has 6 nitrogen and oxygen atoms in total. The maximum absolute atomic E-state index is 13.9. The van der Waals surface area contributed by atoms with Gasteiger partial charge in [0.25, 0.3) is 0 Å². The predicted molar refractivity (Wildman–Crippen MR) is 124 cm³/mol. The van der Waals surface area contributed by atoms with Gasteiger partial charge >= 0.3 is 0 Å². The van der Waals surface area contributed by atoms with Gasteiger partial charge in [-0.25, -0.2) is 0 Å². The summed E-state index contributed by atoms with van der Waals surface area (Å²) in [7, 11) is 0. The van der Waals surface area contributed by atoms with Crippen LogP contribution in [0.2, 0.25) is 0 Å². The second kappa shape index (κ2) is 7.66. The first-order valence-corrected chi connectivity index (χ1v) is 11.7. The Kier molecular flexibility index (Phi) is 4.73. The summed E-state index contributed by atoms with van der Waals surface area (Å²) in [6, 6.07) is 16.0. The van der Waals surface area contributed by atoms with Crippen LogP contribution in [0.5, 0.6) is 0 Å². The molecular formula is C27H26N2O4. The van der Waals surface area contributed by atoms with Gasteiger partial charge in [-0.2, -0.15) is 0 Å². The molecule has 0 aromatic heterocycles. The van der Waals surface area contributed by atoms with Crippen molar-refractivity contribution in [1.29, 1.82) is 0 Å². The van der Waals surface area contributed by atoms with E-state index in [0.29, 0.717) is 12.2 Å². The molecule has 2 amide bonds. The summed E-state index contributed by atoms with van der Waals surface area (Å²) in [6.07, 6.45) is 3.75. The van der Waals surface area contributed by atoms with Crippen LogP contribution >= 0.6 is 0 Å². The number of imide groups is 1. The summed E-state index contributed by atoms with van der Waals surface area (Å²) < 4.78 is 5.71. The van der Waals surface area contributed by atoms with Crippen LogP contribution < -0.4 is 4.90 Å². The van der Waals surface area contributed by atoms with Crippen molar-refractivity contribution in [2.24, 2.45) is 11.8 Å². The van der Waals surface area contributed by atoms with E-state index in [1.165, 1.54) is 4.90 Å². The largest absolute Gasteiger partial charge is 0.376 e. The number of anilines is 1. The average molecular weight is 443 g/mol. The van der Waals surface area contributed by atoms with Crippen molar-refractivity contribution in [2.45, 2.75) is 38.0 Å². The summed E-state index contributed by atoms with van der Waals surface area (Å²) in [5.41, 5.74) is 3.58. The lowest BCUT2D eigenvalue weighted by Gasteiger charge is -2.38. The van der Waals surface area contributed by atoms with Gasteiger partial charge in [0.05, 0.1) is 30.5 Å². The number of hydrogen-bond donors (Lipinski definition) is 0. The molecule has 4 heterocycles. The minimum absolute atomic E-state index is 0.111. The molecule has 4 aliphatic heterocycles. The number of fused-ring (bicyclic) bond motifs is 5. The monoisotopic (exact) mass is 442 g/mol. The standard InChI is InChI=1S/C27H26N2O4/c1-16-14-21-22-23(27(32)28(26(22)31)15-18-10-7-13-33-18)24(25(30)17-8-3-2-4-9-17)29(21)20-12-6-5-11-19(16)20/h2-6,8-9,11-12,14,18,21-24H,7,10,13,15H2,1H3/t18-,21-,22+,23-,24+/m0/s1. The smallest absolute Gasteiger partial charge is 0.235 e. The lowest BCUT2D eigenvalue weighted by Crippen LogP contribution is -2.49. The van der Waals surface area contributed by atoms with E-state index in [1.54, 1.807) is 12.1 Å². The Morgan fingerprint density at radius 1 is 1.00 bits per heavy atom. The Morgan fingerprint density at radius 2 is 1.73 bits per heavy atom. The normalized spacial score (nSPS) is 30.2. The van der Waals surface area contributed by atoms with Gasteiger partial charge in [0.15, 0.2) is 5.78 Å². The van der Waals surface area contributed by atoms with Crippen LogP contribution in [0.1, 0.15) is 35.7 Å². The molecule has 0 N–H and O–H groups in total. The number of carbonyl (C=O) groups excluding carboxylic acids is 3. The average Bonchev–Trinajstić information content (AvgIpc) is 3.53. The Bertz CT molecular complexity index is 1170. The summed E-state index contributed by atoms with van der Waals surface area (Å²) in [5.74, 6) is -1.81. The zero-order valence-electron chi connectivity index (χ0n) is 18.5. The number of Topliss-reactive ketones (excluding diaryl/α,β-unsaturated/α-hetero) is 1. The maximum Gasteiger partial charge on any atom is 0.235 e. The van der Waals surface area contributed by atoms with E-state index >= 15 is 0 Å². The molecule has 0 bridgehead atoms. The van der Waals surface area contributed by atoms with E-state index in [0.717, 1.165) is 29.7 Å². The van der Waals surface area contributed by atoms with Gasteiger partial charge in [0, 0.05) is 23.4 Å². The number of hydrogen-bond acceptors (Lipinski definition) is 5. The van der Waals surface area contributed by atoms with Crippen LogP contribution in [0.15, 0.2) is 60.7 Å². The van der Waals surface area contributed by atoms with Crippen molar-refractivity contribution in [3.8, 4) is 0 Å². The van der Waals surface area contributed by atoms with Gasteiger partial charge in [0.1, 0.15) is 6.04 Å². The third-order valence-electron chi connectivity index (χ3n) is 7.58. The zero-order valence-corrected chi connectivity index (χ0v) is 18.5. The Labute approximate surface area is 192 Å². The minimum Gasteiger partial charge on any atom is -0.376 e. The quantitative estimate of drug-likeness (QED) is 0.537. The number of likely N-dealkylation sites (tertiary alicyclic amines) is 1. The van der Waals surface area contributed by atoms with Crippen LogP contribution in [-0.2, 0) is 14.3 Å². The molecule has 0 saturated carbocycles. The summed E-state index contributed by atoms with van der Waals surface area (Å²) in [5, 5.41) is 0. The summed E-state index contributed by atoms with van der Waals surface area (Å²) >= 11 is 0. The van der Waals surface area contributed by atoms with Gasteiger partial charge in [-0.05, 0) is 31.4 Å². The molecule has 6 heteroatoms. The van der Waals surface area contributed by atoms with Crippen molar-refractivity contribution in [3.63, 3.8) is 0 Å². The fourth-order valence-corrected chi connectivity index (χ4v) is 6.10. The molecule has 0 aliphatic carbocycles. The number of ketones is 1. The zero-order chi connectivity index (χ0) is 22.7. The van der Waals surface area contributed by atoms with Crippen molar-refractivity contribution in [1.82, 2.24) is 4.90 Å². The molecular weight excluding hydrogens is 416 g/mol. The number of allylic oxidation sites excluding steroid dienone is 1. The number of benzene rings is 2. The van der Waals surface area contributed by atoms with Crippen LogP contribution in [0, 0.1) is 11.8 Å². The highest BCUT2D eigenvalue weighted by Gasteiger charge is 2.64.